The van der Waals surface area contributed by atoms with Gasteiger partial charge in [-0.3, -0.25) is 9.59 Å². The van der Waals surface area contributed by atoms with Crippen molar-refractivity contribution in [3.05, 3.63) is 23.3 Å². The minimum Gasteiger partial charge on any atom is -0.465 e. The predicted octanol–water partition coefficient (Wildman–Crippen LogP) is 2.22. The van der Waals surface area contributed by atoms with Crippen LogP contribution in [-0.4, -0.2) is 25.0 Å². The van der Waals surface area contributed by atoms with Crippen LogP contribution in [0.4, 0.5) is 0 Å². The highest BCUT2D eigenvalue weighted by Gasteiger charge is 2.19. The molecule has 0 aliphatic carbocycles. The largest absolute Gasteiger partial charge is 0.465 e. The van der Waals surface area contributed by atoms with E-state index in [1.807, 2.05) is 0 Å². The molecule has 0 N–H and O–H groups in total. The highest BCUT2D eigenvalue weighted by Crippen LogP contribution is 2.32. The number of carbonyl (C=O) groups excluding carboxylic acids is 3. The number of carbonyl (C=O) groups is 3. The summed E-state index contributed by atoms with van der Waals surface area (Å²) in [5.41, 5.74) is 0.764. The molecule has 0 aromatic heterocycles. The van der Waals surface area contributed by atoms with Gasteiger partial charge in [0.25, 0.3) is 0 Å². The molecule has 0 atom stereocenters. The Bertz CT molecular complexity index is 552. The van der Waals surface area contributed by atoms with E-state index in [0.717, 1.165) is 0 Å². The van der Waals surface area contributed by atoms with Gasteiger partial charge in [0.2, 0.25) is 0 Å². The fourth-order valence-corrected chi connectivity index (χ4v) is 1.95. The van der Waals surface area contributed by atoms with Gasteiger partial charge in [0.1, 0.15) is 0 Å². The predicted molar refractivity (Wildman–Crippen MR) is 73.0 cm³/mol. The maximum atomic E-state index is 11.7. The van der Waals surface area contributed by atoms with Crippen molar-refractivity contribution in [2.24, 2.45) is 0 Å². The van der Waals surface area contributed by atoms with Crippen molar-refractivity contribution in [2.75, 3.05) is 7.11 Å². The van der Waals surface area contributed by atoms with Crippen molar-refractivity contribution in [3.8, 4) is 11.5 Å². The topological polar surface area (TPSA) is 78.9 Å². The lowest BCUT2D eigenvalue weighted by molar-refractivity contribution is -0.134. The number of rotatable bonds is 4. The lowest BCUT2D eigenvalue weighted by atomic mass is 10.1. The third-order valence-electron chi connectivity index (χ3n) is 2.23. The third kappa shape index (κ3) is 4.06. The van der Waals surface area contributed by atoms with Crippen LogP contribution in [0.15, 0.2) is 12.1 Å². The highest BCUT2D eigenvalue weighted by atomic mass is 79.9. The minimum absolute atomic E-state index is 0.0159. The first kappa shape index (κ1) is 16.2. The molecule has 0 spiro atoms. The minimum atomic E-state index is -0.596. The zero-order valence-electron chi connectivity index (χ0n) is 11.2. The van der Waals surface area contributed by atoms with Gasteiger partial charge in [0.05, 0.1) is 12.7 Å². The number of ether oxygens (including phenoxy) is 3. The van der Waals surface area contributed by atoms with E-state index in [9.17, 15) is 14.4 Å². The Morgan fingerprint density at radius 1 is 1.05 bits per heavy atom. The molecular weight excluding hydrogens is 332 g/mol. The SMILES string of the molecule is COC(=O)c1cc(OC(C)=O)c(OC(C)=O)cc1CBr. The number of alkyl halides is 1. The number of benzene rings is 1. The second-order valence-electron chi connectivity index (χ2n) is 3.77. The van der Waals surface area contributed by atoms with E-state index in [0.29, 0.717) is 10.9 Å². The van der Waals surface area contributed by atoms with E-state index in [4.69, 9.17) is 9.47 Å². The van der Waals surface area contributed by atoms with Gasteiger partial charge in [-0.15, -0.1) is 0 Å². The first-order chi connectivity index (χ1) is 9.38. The van der Waals surface area contributed by atoms with Crippen molar-refractivity contribution < 1.29 is 28.6 Å². The van der Waals surface area contributed by atoms with Crippen LogP contribution in [-0.2, 0) is 19.7 Å². The molecule has 7 heteroatoms. The Labute approximate surface area is 124 Å². The first-order valence-corrected chi connectivity index (χ1v) is 6.69. The highest BCUT2D eigenvalue weighted by molar-refractivity contribution is 9.08. The fraction of sp³-hybridized carbons (Fsp3) is 0.308. The molecular formula is C13H13BrO6. The van der Waals surface area contributed by atoms with E-state index in [1.165, 1.54) is 33.1 Å². The zero-order valence-corrected chi connectivity index (χ0v) is 12.8. The third-order valence-corrected chi connectivity index (χ3v) is 2.83. The molecule has 0 bridgehead atoms. The van der Waals surface area contributed by atoms with Crippen molar-refractivity contribution in [1.29, 1.82) is 0 Å². The van der Waals surface area contributed by atoms with E-state index >= 15 is 0 Å². The van der Waals surface area contributed by atoms with Crippen molar-refractivity contribution >= 4 is 33.8 Å². The van der Waals surface area contributed by atoms with Crippen molar-refractivity contribution in [2.45, 2.75) is 19.2 Å². The van der Waals surface area contributed by atoms with Gasteiger partial charge in [0.15, 0.2) is 11.5 Å². The lowest BCUT2D eigenvalue weighted by Gasteiger charge is -2.13. The van der Waals surface area contributed by atoms with Gasteiger partial charge in [-0.25, -0.2) is 4.79 Å². The van der Waals surface area contributed by atoms with Crippen LogP contribution in [0.2, 0.25) is 0 Å². The summed E-state index contributed by atoms with van der Waals surface area (Å²) in [5, 5.41) is 0.339. The number of hydrogen-bond acceptors (Lipinski definition) is 6. The van der Waals surface area contributed by atoms with Crippen LogP contribution in [0.5, 0.6) is 11.5 Å². The summed E-state index contributed by atoms with van der Waals surface area (Å²) in [6.45, 7) is 2.42. The standard InChI is InChI=1S/C13H13BrO6/c1-7(15)19-11-4-9(6-14)10(13(17)18-3)5-12(11)20-8(2)16/h4-5H,6H2,1-3H3. The molecule has 0 saturated heterocycles. The normalized spacial score (nSPS) is 9.80. The number of hydrogen-bond donors (Lipinski definition) is 0. The number of methoxy groups -OCH3 is 1. The van der Waals surface area contributed by atoms with Crippen LogP contribution >= 0.6 is 15.9 Å². The summed E-state index contributed by atoms with van der Waals surface area (Å²) < 4.78 is 14.6. The Hall–Kier alpha value is -1.89. The summed E-state index contributed by atoms with van der Waals surface area (Å²) in [7, 11) is 1.24. The first-order valence-electron chi connectivity index (χ1n) is 5.57. The Kier molecular flexibility index (Phi) is 5.69. The summed E-state index contributed by atoms with van der Waals surface area (Å²) in [6.07, 6.45) is 0. The molecule has 0 saturated carbocycles. The van der Waals surface area contributed by atoms with Gasteiger partial charge >= 0.3 is 17.9 Å². The Balaban J connectivity index is 3.39. The zero-order chi connectivity index (χ0) is 15.3. The fourth-order valence-electron chi connectivity index (χ4n) is 1.48. The van der Waals surface area contributed by atoms with E-state index in [2.05, 4.69) is 20.7 Å². The number of halogens is 1. The molecule has 0 heterocycles. The van der Waals surface area contributed by atoms with Gasteiger partial charge in [0, 0.05) is 19.2 Å². The molecule has 20 heavy (non-hydrogen) atoms. The van der Waals surface area contributed by atoms with E-state index in [1.54, 1.807) is 0 Å². The smallest absolute Gasteiger partial charge is 0.338 e. The average Bonchev–Trinajstić information content (AvgIpc) is 2.38. The van der Waals surface area contributed by atoms with Crippen molar-refractivity contribution in [3.63, 3.8) is 0 Å². The maximum Gasteiger partial charge on any atom is 0.338 e. The summed E-state index contributed by atoms with van der Waals surface area (Å²) in [5.74, 6) is -1.69. The van der Waals surface area contributed by atoms with Crippen LogP contribution in [0.25, 0.3) is 0 Å². The van der Waals surface area contributed by atoms with Gasteiger partial charge < -0.3 is 14.2 Å². The quantitative estimate of drug-likeness (QED) is 0.473. The molecule has 1 aromatic carbocycles. The molecule has 108 valence electrons. The van der Waals surface area contributed by atoms with Crippen LogP contribution < -0.4 is 9.47 Å². The molecule has 0 aliphatic rings. The van der Waals surface area contributed by atoms with Crippen LogP contribution in [0.1, 0.15) is 29.8 Å². The molecule has 0 radical (unpaired) electrons. The van der Waals surface area contributed by atoms with Gasteiger partial charge in [-0.2, -0.15) is 0 Å². The van der Waals surface area contributed by atoms with Crippen molar-refractivity contribution in [1.82, 2.24) is 0 Å². The second-order valence-corrected chi connectivity index (χ2v) is 4.33. The van der Waals surface area contributed by atoms with Gasteiger partial charge in [-0.05, 0) is 17.7 Å². The second kappa shape index (κ2) is 7.04. The summed E-state index contributed by atoms with van der Waals surface area (Å²) in [4.78, 5) is 33.8. The summed E-state index contributed by atoms with van der Waals surface area (Å²) in [6, 6.07) is 2.75. The molecule has 0 fully saturated rings. The molecule has 0 amide bonds. The Morgan fingerprint density at radius 2 is 1.55 bits per heavy atom. The lowest BCUT2D eigenvalue weighted by Crippen LogP contribution is -2.11. The monoisotopic (exact) mass is 344 g/mol. The molecule has 1 aromatic rings. The molecule has 1 rings (SSSR count). The van der Waals surface area contributed by atoms with Crippen LogP contribution in [0, 0.1) is 0 Å². The average molecular weight is 345 g/mol. The summed E-state index contributed by atoms with van der Waals surface area (Å²) >= 11 is 3.23. The molecule has 0 aliphatic heterocycles. The van der Waals surface area contributed by atoms with Gasteiger partial charge in [-0.1, -0.05) is 15.9 Å². The van der Waals surface area contributed by atoms with E-state index in [-0.39, 0.29) is 17.1 Å². The Morgan fingerprint density at radius 3 is 1.95 bits per heavy atom. The molecule has 6 nitrogen and oxygen atoms in total. The number of esters is 3. The van der Waals surface area contributed by atoms with Crippen LogP contribution in [0.3, 0.4) is 0 Å². The van der Waals surface area contributed by atoms with E-state index < -0.39 is 17.9 Å². The molecule has 0 unspecified atom stereocenters. The maximum absolute atomic E-state index is 11.7.